The zero-order valence-electron chi connectivity index (χ0n) is 31.8. The minimum Gasteiger partial charge on any atom is -0.492 e. The summed E-state index contributed by atoms with van der Waals surface area (Å²) in [6.07, 6.45) is 5.01. The number of benzene rings is 5. The van der Waals surface area contributed by atoms with Crippen LogP contribution < -0.4 is 20.3 Å². The van der Waals surface area contributed by atoms with E-state index in [1.165, 1.54) is 43.5 Å². The van der Waals surface area contributed by atoms with Crippen molar-refractivity contribution in [1.29, 1.82) is 0 Å². The van der Waals surface area contributed by atoms with Crippen LogP contribution in [0.3, 0.4) is 0 Å². The molecule has 0 bridgehead atoms. The summed E-state index contributed by atoms with van der Waals surface area (Å²) < 4.78 is 12.8. The molecule has 0 atom stereocenters. The van der Waals surface area contributed by atoms with Crippen molar-refractivity contribution >= 4 is 33.2 Å². The second-order valence-electron chi connectivity index (χ2n) is 14.8. The summed E-state index contributed by atoms with van der Waals surface area (Å²) in [5.41, 5.74) is 13.3. The third-order valence-corrected chi connectivity index (χ3v) is 11.1. The molecule has 1 saturated heterocycles. The molecular formula is C48H48N6O2. The first-order valence-corrected chi connectivity index (χ1v) is 20.0. The molecule has 1 fully saturated rings. The zero-order chi connectivity index (χ0) is 37.5. The molecule has 56 heavy (non-hydrogen) atoms. The second kappa shape index (κ2) is 16.8. The standard InChI is InChI=1S/C48H48N6O2/c1-8-27-53(28-9-1)30-32-55-45-24-22-39(37-14-4-6-16-41(37)45)43-18-10-20-47(49-43)51-52-48-21-11-19-44(50-48)40-23-25-46(42-17-7-5-15-38(40)42)56-33-31-54-29-26-35-12-2-3-13-36(35)34-54/h2-7,10-25H,1,8-9,26-34H2,(H,49,51)(H,50,52). The topological polar surface area (TPSA) is 74.8 Å². The molecule has 2 N–H and O–H groups in total. The number of hydrogen-bond acceptors (Lipinski definition) is 8. The Labute approximate surface area is 329 Å². The zero-order valence-corrected chi connectivity index (χ0v) is 31.8. The fourth-order valence-corrected chi connectivity index (χ4v) is 8.18. The van der Waals surface area contributed by atoms with E-state index in [4.69, 9.17) is 19.4 Å². The van der Waals surface area contributed by atoms with Gasteiger partial charge >= 0.3 is 0 Å². The van der Waals surface area contributed by atoms with Crippen molar-refractivity contribution in [1.82, 2.24) is 19.8 Å². The molecule has 0 spiro atoms. The molecule has 2 aliphatic heterocycles. The molecular weight excluding hydrogens is 693 g/mol. The van der Waals surface area contributed by atoms with Gasteiger partial charge in [0.15, 0.2) is 0 Å². The monoisotopic (exact) mass is 740 g/mol. The van der Waals surface area contributed by atoms with Crippen molar-refractivity contribution in [3.05, 3.63) is 145 Å². The summed E-state index contributed by atoms with van der Waals surface area (Å²) >= 11 is 0. The summed E-state index contributed by atoms with van der Waals surface area (Å²) in [6.45, 7) is 7.56. The van der Waals surface area contributed by atoms with Crippen molar-refractivity contribution in [2.24, 2.45) is 0 Å². The number of anilines is 2. The highest BCUT2D eigenvalue weighted by Gasteiger charge is 2.17. The van der Waals surface area contributed by atoms with Gasteiger partial charge in [-0.15, -0.1) is 0 Å². The summed E-state index contributed by atoms with van der Waals surface area (Å²) in [6, 6.07) is 46.1. The van der Waals surface area contributed by atoms with E-state index in [9.17, 15) is 0 Å². The number of pyridine rings is 2. The first kappa shape index (κ1) is 35.7. The Morgan fingerprint density at radius 3 is 1.57 bits per heavy atom. The third-order valence-electron chi connectivity index (χ3n) is 11.1. The van der Waals surface area contributed by atoms with E-state index in [0.717, 1.165) is 88.2 Å². The Bertz CT molecular complexity index is 2440. The molecule has 282 valence electrons. The molecule has 0 amide bonds. The van der Waals surface area contributed by atoms with Crippen LogP contribution in [0.25, 0.3) is 44.1 Å². The summed E-state index contributed by atoms with van der Waals surface area (Å²) in [5, 5.41) is 4.40. The largest absolute Gasteiger partial charge is 0.492 e. The molecule has 0 aliphatic carbocycles. The number of likely N-dealkylation sites (tertiary alicyclic amines) is 1. The highest BCUT2D eigenvalue weighted by Crippen LogP contribution is 2.36. The van der Waals surface area contributed by atoms with E-state index in [-0.39, 0.29) is 0 Å². The smallest absolute Gasteiger partial charge is 0.145 e. The molecule has 0 saturated carbocycles. The van der Waals surface area contributed by atoms with E-state index >= 15 is 0 Å². The summed E-state index contributed by atoms with van der Waals surface area (Å²) in [7, 11) is 0. The number of fused-ring (bicyclic) bond motifs is 3. The second-order valence-corrected chi connectivity index (χ2v) is 14.8. The summed E-state index contributed by atoms with van der Waals surface area (Å²) in [4.78, 5) is 15.0. The molecule has 7 aromatic rings. The number of nitrogens with zero attached hydrogens (tertiary/aromatic N) is 4. The fourth-order valence-electron chi connectivity index (χ4n) is 8.18. The number of nitrogens with one attached hydrogen (secondary N) is 2. The lowest BCUT2D eigenvalue weighted by Crippen LogP contribution is -2.33. The number of aromatic nitrogens is 2. The summed E-state index contributed by atoms with van der Waals surface area (Å²) in [5.74, 6) is 3.20. The number of ether oxygens (including phenoxy) is 2. The number of hydrazine groups is 1. The van der Waals surface area contributed by atoms with Gasteiger partial charge in [-0.25, -0.2) is 9.97 Å². The quantitative estimate of drug-likeness (QED) is 0.113. The Kier molecular flexibility index (Phi) is 10.7. The SMILES string of the molecule is c1cc(NNc2cccc(-c3ccc(OCCN4CCc5ccccc5C4)c4ccccc34)n2)nc(-c2ccc(OCCN3CCCCC3)c3ccccc23)c1. The lowest BCUT2D eigenvalue weighted by Gasteiger charge is -2.28. The minimum absolute atomic E-state index is 0.638. The highest BCUT2D eigenvalue weighted by molar-refractivity contribution is 6.00. The van der Waals surface area contributed by atoms with Crippen LogP contribution >= 0.6 is 0 Å². The van der Waals surface area contributed by atoms with Gasteiger partial charge in [-0.1, -0.05) is 91.3 Å². The molecule has 8 nitrogen and oxygen atoms in total. The van der Waals surface area contributed by atoms with E-state index in [0.29, 0.717) is 24.8 Å². The molecule has 9 rings (SSSR count). The van der Waals surface area contributed by atoms with Crippen LogP contribution in [0.15, 0.2) is 133 Å². The average Bonchev–Trinajstić information content (AvgIpc) is 3.26. The van der Waals surface area contributed by atoms with Crippen molar-refractivity contribution in [2.75, 3.05) is 56.8 Å². The maximum absolute atomic E-state index is 6.42. The van der Waals surface area contributed by atoms with Gasteiger partial charge in [0.05, 0.1) is 11.4 Å². The van der Waals surface area contributed by atoms with E-state index in [1.807, 2.05) is 36.4 Å². The first-order chi connectivity index (χ1) is 27.7. The van der Waals surface area contributed by atoms with Crippen LogP contribution in [-0.2, 0) is 13.0 Å². The van der Waals surface area contributed by atoms with Crippen LogP contribution in [0.5, 0.6) is 11.5 Å². The fraction of sp³-hybridized carbons (Fsp3) is 0.250. The van der Waals surface area contributed by atoms with Crippen LogP contribution in [0.1, 0.15) is 30.4 Å². The third kappa shape index (κ3) is 8.03. The molecule has 0 radical (unpaired) electrons. The van der Waals surface area contributed by atoms with E-state index in [2.05, 4.69) is 118 Å². The predicted octanol–water partition coefficient (Wildman–Crippen LogP) is 9.86. The van der Waals surface area contributed by atoms with Gasteiger partial charge in [0.25, 0.3) is 0 Å². The average molecular weight is 741 g/mol. The van der Waals surface area contributed by atoms with Gasteiger partial charge in [0.2, 0.25) is 0 Å². The number of rotatable bonds is 13. The number of piperidine rings is 1. The minimum atomic E-state index is 0.638. The van der Waals surface area contributed by atoms with Gasteiger partial charge < -0.3 is 9.47 Å². The van der Waals surface area contributed by atoms with Crippen molar-refractivity contribution in [2.45, 2.75) is 32.2 Å². The van der Waals surface area contributed by atoms with Gasteiger partial charge in [0.1, 0.15) is 36.3 Å². The highest BCUT2D eigenvalue weighted by atomic mass is 16.5. The van der Waals surface area contributed by atoms with Crippen LogP contribution in [0, 0.1) is 0 Å². The molecule has 2 aromatic heterocycles. The lowest BCUT2D eigenvalue weighted by molar-refractivity contribution is 0.184. The first-order valence-electron chi connectivity index (χ1n) is 20.0. The van der Waals surface area contributed by atoms with Gasteiger partial charge in [-0.05, 0) is 103 Å². The van der Waals surface area contributed by atoms with Gasteiger partial charge in [-0.3, -0.25) is 20.7 Å². The Hall–Kier alpha value is -5.96. The van der Waals surface area contributed by atoms with E-state index < -0.39 is 0 Å². The van der Waals surface area contributed by atoms with E-state index in [1.54, 1.807) is 0 Å². The maximum Gasteiger partial charge on any atom is 0.145 e. The number of hydrogen-bond donors (Lipinski definition) is 2. The lowest BCUT2D eigenvalue weighted by atomic mass is 10.00. The van der Waals surface area contributed by atoms with Gasteiger partial charge in [0, 0.05) is 48.1 Å². The van der Waals surface area contributed by atoms with Crippen LogP contribution in [-0.4, -0.2) is 65.7 Å². The van der Waals surface area contributed by atoms with Crippen LogP contribution in [0.4, 0.5) is 11.6 Å². The Morgan fingerprint density at radius 2 is 0.982 bits per heavy atom. The maximum atomic E-state index is 6.42. The van der Waals surface area contributed by atoms with Crippen molar-refractivity contribution in [3.8, 4) is 34.0 Å². The van der Waals surface area contributed by atoms with Gasteiger partial charge in [-0.2, -0.15) is 0 Å². The van der Waals surface area contributed by atoms with Crippen molar-refractivity contribution in [3.63, 3.8) is 0 Å². The Morgan fingerprint density at radius 1 is 0.464 bits per heavy atom. The van der Waals surface area contributed by atoms with Crippen molar-refractivity contribution < 1.29 is 9.47 Å². The molecule has 4 heterocycles. The molecule has 5 aromatic carbocycles. The predicted molar refractivity (Wildman–Crippen MR) is 228 cm³/mol. The molecule has 2 aliphatic rings. The normalized spacial score (nSPS) is 14.7. The molecule has 8 heteroatoms. The Balaban J connectivity index is 0.865. The molecule has 0 unspecified atom stereocenters. The van der Waals surface area contributed by atoms with Crippen LogP contribution in [0.2, 0.25) is 0 Å².